The maximum absolute atomic E-state index is 12.6. The second-order valence-electron chi connectivity index (χ2n) is 6.75. The van der Waals surface area contributed by atoms with Gasteiger partial charge in [-0.05, 0) is 17.2 Å². The molecule has 1 saturated heterocycles. The number of nitrogens with one attached hydrogen (secondary N) is 3. The van der Waals surface area contributed by atoms with Crippen LogP contribution in [0, 0.1) is 0 Å². The van der Waals surface area contributed by atoms with Crippen LogP contribution < -0.4 is 10.6 Å². The van der Waals surface area contributed by atoms with Gasteiger partial charge in [0.2, 0.25) is 5.91 Å². The summed E-state index contributed by atoms with van der Waals surface area (Å²) >= 11 is 0. The van der Waals surface area contributed by atoms with E-state index in [0.29, 0.717) is 13.0 Å². The number of carbonyl (C=O) groups excluding carboxylic acids is 3. The van der Waals surface area contributed by atoms with E-state index in [1.54, 1.807) is 0 Å². The Bertz CT molecular complexity index is 1030. The molecule has 0 bridgehead atoms. The molecule has 3 N–H and O–H groups in total. The van der Waals surface area contributed by atoms with Crippen molar-refractivity contribution >= 4 is 28.7 Å². The van der Waals surface area contributed by atoms with Crippen LogP contribution in [0.3, 0.4) is 0 Å². The predicted molar refractivity (Wildman–Crippen MR) is 104 cm³/mol. The zero-order valence-corrected chi connectivity index (χ0v) is 15.1. The van der Waals surface area contributed by atoms with Gasteiger partial charge in [0, 0.05) is 30.1 Å². The van der Waals surface area contributed by atoms with Gasteiger partial charge in [0.15, 0.2) is 0 Å². The molecule has 1 aliphatic heterocycles. The molecule has 142 valence electrons. The lowest BCUT2D eigenvalue weighted by atomic mass is 10.1. The normalized spacial score (nSPS) is 16.4. The lowest BCUT2D eigenvalue weighted by Crippen LogP contribution is -2.41. The number of benzene rings is 2. The van der Waals surface area contributed by atoms with Gasteiger partial charge in [-0.2, -0.15) is 0 Å². The van der Waals surface area contributed by atoms with Crippen LogP contribution in [0.25, 0.3) is 10.9 Å². The smallest absolute Gasteiger partial charge is 0.325 e. The zero-order valence-electron chi connectivity index (χ0n) is 15.1. The molecule has 1 atom stereocenters. The monoisotopic (exact) mass is 376 g/mol. The molecule has 28 heavy (non-hydrogen) atoms. The van der Waals surface area contributed by atoms with Gasteiger partial charge in [0.25, 0.3) is 5.91 Å². The molecule has 7 nitrogen and oxygen atoms in total. The first kappa shape index (κ1) is 17.8. The first-order valence-corrected chi connectivity index (χ1v) is 9.09. The highest BCUT2D eigenvalue weighted by atomic mass is 16.2. The largest absolute Gasteiger partial charge is 0.361 e. The maximum atomic E-state index is 12.6. The number of carbonyl (C=O) groups is 3. The van der Waals surface area contributed by atoms with E-state index < -0.39 is 12.1 Å². The molecule has 4 amide bonds. The average Bonchev–Trinajstić information content (AvgIpc) is 3.24. The Morgan fingerprint density at radius 3 is 2.61 bits per heavy atom. The van der Waals surface area contributed by atoms with E-state index in [1.807, 2.05) is 60.8 Å². The van der Waals surface area contributed by atoms with E-state index in [1.165, 1.54) is 0 Å². The number of aromatic amines is 1. The number of rotatable bonds is 6. The van der Waals surface area contributed by atoms with Crippen LogP contribution in [0.2, 0.25) is 0 Å². The fraction of sp³-hybridized carbons (Fsp3) is 0.190. The topological polar surface area (TPSA) is 94.3 Å². The summed E-state index contributed by atoms with van der Waals surface area (Å²) in [4.78, 5) is 41.1. The Hall–Kier alpha value is -3.61. The number of para-hydroxylation sites is 1. The van der Waals surface area contributed by atoms with E-state index in [2.05, 4.69) is 15.6 Å². The van der Waals surface area contributed by atoms with Crippen LogP contribution in [-0.2, 0) is 22.6 Å². The van der Waals surface area contributed by atoms with Crippen LogP contribution in [0.15, 0.2) is 60.8 Å². The summed E-state index contributed by atoms with van der Waals surface area (Å²) in [5.41, 5.74) is 2.88. The van der Waals surface area contributed by atoms with E-state index in [9.17, 15) is 14.4 Å². The summed E-state index contributed by atoms with van der Waals surface area (Å²) in [5.74, 6) is -0.759. The fourth-order valence-corrected chi connectivity index (χ4v) is 3.38. The Labute approximate surface area is 161 Å². The second-order valence-corrected chi connectivity index (χ2v) is 6.75. The molecule has 0 aliphatic carbocycles. The summed E-state index contributed by atoms with van der Waals surface area (Å²) in [6, 6.07) is 16.0. The first-order valence-electron chi connectivity index (χ1n) is 9.09. The van der Waals surface area contributed by atoms with Crippen molar-refractivity contribution in [3.8, 4) is 0 Å². The lowest BCUT2D eigenvalue weighted by molar-refractivity contribution is -0.132. The van der Waals surface area contributed by atoms with Crippen molar-refractivity contribution in [2.45, 2.75) is 19.0 Å². The van der Waals surface area contributed by atoms with Crippen molar-refractivity contribution in [2.75, 3.05) is 6.54 Å². The average molecular weight is 376 g/mol. The van der Waals surface area contributed by atoms with Crippen molar-refractivity contribution in [1.29, 1.82) is 0 Å². The predicted octanol–water partition coefficient (Wildman–Crippen LogP) is 1.95. The molecular formula is C21H20N4O3. The van der Waals surface area contributed by atoms with Crippen molar-refractivity contribution in [3.05, 3.63) is 71.9 Å². The Balaban J connectivity index is 1.37. The Morgan fingerprint density at radius 1 is 1.04 bits per heavy atom. The highest BCUT2D eigenvalue weighted by Gasteiger charge is 2.39. The molecule has 1 aliphatic rings. The van der Waals surface area contributed by atoms with Gasteiger partial charge >= 0.3 is 6.03 Å². The minimum atomic E-state index is -0.673. The van der Waals surface area contributed by atoms with Crippen molar-refractivity contribution in [3.63, 3.8) is 0 Å². The molecule has 1 fully saturated rings. The minimum absolute atomic E-state index is 0.290. The molecule has 1 aromatic heterocycles. The summed E-state index contributed by atoms with van der Waals surface area (Å²) < 4.78 is 0. The van der Waals surface area contributed by atoms with Crippen LogP contribution in [0.4, 0.5) is 4.79 Å². The Morgan fingerprint density at radius 2 is 1.79 bits per heavy atom. The zero-order chi connectivity index (χ0) is 19.5. The molecule has 0 saturated carbocycles. The molecule has 0 radical (unpaired) electrons. The molecule has 2 aromatic carbocycles. The van der Waals surface area contributed by atoms with Crippen LogP contribution in [0.5, 0.6) is 0 Å². The van der Waals surface area contributed by atoms with Gasteiger partial charge in [-0.3, -0.25) is 14.5 Å². The van der Waals surface area contributed by atoms with Crippen LogP contribution in [-0.4, -0.2) is 40.3 Å². The third-order valence-corrected chi connectivity index (χ3v) is 4.84. The Kier molecular flexibility index (Phi) is 4.80. The summed E-state index contributed by atoms with van der Waals surface area (Å²) in [5, 5.41) is 6.43. The van der Waals surface area contributed by atoms with E-state index in [4.69, 9.17) is 0 Å². The summed E-state index contributed by atoms with van der Waals surface area (Å²) in [6.45, 7) is 0.0595. The molecular weight excluding hydrogens is 356 g/mol. The van der Waals surface area contributed by atoms with Crippen molar-refractivity contribution in [2.24, 2.45) is 0 Å². The summed E-state index contributed by atoms with van der Waals surface area (Å²) in [7, 11) is 0. The van der Waals surface area contributed by atoms with E-state index in [0.717, 1.165) is 26.9 Å². The maximum Gasteiger partial charge on any atom is 0.325 e. The molecule has 4 rings (SSSR count). The van der Waals surface area contributed by atoms with Crippen LogP contribution >= 0.6 is 0 Å². The third-order valence-electron chi connectivity index (χ3n) is 4.84. The van der Waals surface area contributed by atoms with E-state index >= 15 is 0 Å². The number of aromatic nitrogens is 1. The van der Waals surface area contributed by atoms with Gasteiger partial charge in [-0.25, -0.2) is 4.79 Å². The number of H-pyrrole nitrogens is 1. The third kappa shape index (κ3) is 3.59. The lowest BCUT2D eigenvalue weighted by Gasteiger charge is -2.13. The number of hydrogen-bond acceptors (Lipinski definition) is 3. The van der Waals surface area contributed by atoms with E-state index in [-0.39, 0.29) is 18.4 Å². The minimum Gasteiger partial charge on any atom is -0.361 e. The molecule has 0 unspecified atom stereocenters. The fourth-order valence-electron chi connectivity index (χ4n) is 3.38. The van der Waals surface area contributed by atoms with Gasteiger partial charge in [0.1, 0.15) is 12.6 Å². The number of urea groups is 1. The second kappa shape index (κ2) is 7.56. The number of amides is 4. The quantitative estimate of drug-likeness (QED) is 0.574. The molecule has 3 aromatic rings. The number of hydrogen-bond donors (Lipinski definition) is 3. The van der Waals surface area contributed by atoms with Gasteiger partial charge in [-0.1, -0.05) is 48.5 Å². The highest BCUT2D eigenvalue weighted by Crippen LogP contribution is 2.21. The number of nitrogens with zero attached hydrogens (tertiary/aromatic N) is 1. The van der Waals surface area contributed by atoms with Gasteiger partial charge < -0.3 is 15.6 Å². The highest BCUT2D eigenvalue weighted by molar-refractivity contribution is 6.06. The molecule has 0 spiro atoms. The van der Waals surface area contributed by atoms with Crippen molar-refractivity contribution < 1.29 is 14.4 Å². The van der Waals surface area contributed by atoms with Gasteiger partial charge in [-0.15, -0.1) is 0 Å². The first-order chi connectivity index (χ1) is 13.6. The number of fused-ring (bicyclic) bond motifs is 1. The molecule has 2 heterocycles. The van der Waals surface area contributed by atoms with Crippen molar-refractivity contribution in [1.82, 2.24) is 20.5 Å². The molecule has 7 heteroatoms. The number of imide groups is 1. The summed E-state index contributed by atoms with van der Waals surface area (Å²) in [6.07, 6.45) is 2.22. The standard InChI is InChI=1S/C21H20N4O3/c26-19(23-11-14-6-2-1-3-7-14)13-25-20(27)18(24-21(25)28)10-15-12-22-17-9-5-4-8-16(15)17/h1-9,12,18,22H,10-11,13H2,(H,23,26)(H,24,28)/t18-/m0/s1. The van der Waals surface area contributed by atoms with Crippen LogP contribution in [0.1, 0.15) is 11.1 Å². The van der Waals surface area contributed by atoms with Gasteiger partial charge in [0.05, 0.1) is 0 Å². The SMILES string of the molecule is O=C(CN1C(=O)N[C@@H](Cc2c[nH]c3ccccc23)C1=O)NCc1ccccc1.